The molecule has 0 radical (unpaired) electrons. The van der Waals surface area contributed by atoms with E-state index in [1.165, 1.54) is 19.1 Å². The van der Waals surface area contributed by atoms with Gasteiger partial charge in [-0.25, -0.2) is 0 Å². The molecule has 4 rings (SSSR count). The van der Waals surface area contributed by atoms with Crippen molar-refractivity contribution in [2.24, 2.45) is 0 Å². The number of hydrogen-bond donors (Lipinski definition) is 1. The molecular weight excluding hydrogens is 474 g/mol. The number of nitrogens with zero attached hydrogens (tertiary/aromatic N) is 1. The Bertz CT molecular complexity index is 1310. The molecule has 1 unspecified atom stereocenters. The minimum atomic E-state index is -0.929. The molecule has 1 atom stereocenters. The Balaban J connectivity index is 1.96. The van der Waals surface area contributed by atoms with E-state index < -0.39 is 23.5 Å². The molecule has 8 nitrogen and oxygen atoms in total. The van der Waals surface area contributed by atoms with Gasteiger partial charge < -0.3 is 24.1 Å². The third-order valence-electron chi connectivity index (χ3n) is 6.02. The molecule has 3 aromatic carbocycles. The van der Waals surface area contributed by atoms with Gasteiger partial charge in [0.25, 0.3) is 11.7 Å². The van der Waals surface area contributed by atoms with Crippen LogP contribution in [0.25, 0.3) is 5.76 Å². The van der Waals surface area contributed by atoms with Crippen molar-refractivity contribution < 1.29 is 33.6 Å². The maximum Gasteiger partial charge on any atom is 0.300 e. The molecule has 1 amide bonds. The van der Waals surface area contributed by atoms with Gasteiger partial charge >= 0.3 is 0 Å². The van der Waals surface area contributed by atoms with Crippen molar-refractivity contribution in [1.82, 2.24) is 0 Å². The monoisotopic (exact) mass is 503 g/mol. The first-order valence-corrected chi connectivity index (χ1v) is 11.9. The van der Waals surface area contributed by atoms with Crippen molar-refractivity contribution in [1.29, 1.82) is 0 Å². The molecule has 0 bridgehead atoms. The van der Waals surface area contributed by atoms with Crippen molar-refractivity contribution in [3.63, 3.8) is 0 Å². The Hall–Kier alpha value is -4.46. The minimum absolute atomic E-state index is 0.0845. The predicted octanol–water partition coefficient (Wildman–Crippen LogP) is 5.13. The second kappa shape index (κ2) is 11.1. The summed E-state index contributed by atoms with van der Waals surface area (Å²) in [5.41, 5.74) is 1.17. The average Bonchev–Trinajstić information content (AvgIpc) is 3.18. The lowest BCUT2D eigenvalue weighted by atomic mass is 9.94. The number of carbonyl (C=O) groups excluding carboxylic acids is 2. The molecule has 0 aromatic heterocycles. The van der Waals surface area contributed by atoms with Gasteiger partial charge in [-0.3, -0.25) is 14.5 Å². The minimum Gasteiger partial charge on any atom is -0.506 e. The van der Waals surface area contributed by atoms with E-state index in [0.29, 0.717) is 47.5 Å². The summed E-state index contributed by atoms with van der Waals surface area (Å²) in [6.07, 6.45) is 0. The van der Waals surface area contributed by atoms with E-state index in [2.05, 4.69) is 0 Å². The number of aliphatic hydroxyl groups excluding tert-OH is 1. The number of aliphatic hydroxyl groups is 1. The highest BCUT2D eigenvalue weighted by Gasteiger charge is 2.47. The van der Waals surface area contributed by atoms with Gasteiger partial charge in [0.1, 0.15) is 34.3 Å². The Labute approximate surface area is 215 Å². The maximum atomic E-state index is 13.5. The van der Waals surface area contributed by atoms with Crippen molar-refractivity contribution >= 4 is 23.1 Å². The van der Waals surface area contributed by atoms with E-state index in [-0.39, 0.29) is 11.1 Å². The van der Waals surface area contributed by atoms with E-state index >= 15 is 0 Å². The van der Waals surface area contributed by atoms with Crippen LogP contribution in [0.1, 0.15) is 31.0 Å². The first-order chi connectivity index (χ1) is 17.9. The molecule has 1 fully saturated rings. The van der Waals surface area contributed by atoms with E-state index in [1.54, 1.807) is 66.7 Å². The Kier molecular flexibility index (Phi) is 7.67. The molecule has 1 aliphatic heterocycles. The van der Waals surface area contributed by atoms with Crippen LogP contribution >= 0.6 is 0 Å². The lowest BCUT2D eigenvalue weighted by Crippen LogP contribution is -2.29. The largest absolute Gasteiger partial charge is 0.506 e. The Morgan fingerprint density at radius 3 is 2.03 bits per heavy atom. The summed E-state index contributed by atoms with van der Waals surface area (Å²) in [4.78, 5) is 28.4. The van der Waals surface area contributed by atoms with Gasteiger partial charge in [0.2, 0.25) is 0 Å². The van der Waals surface area contributed by atoms with Crippen molar-refractivity contribution in [2.75, 3.05) is 32.3 Å². The number of rotatable bonds is 9. The first-order valence-electron chi connectivity index (χ1n) is 11.9. The zero-order valence-electron chi connectivity index (χ0n) is 21.2. The van der Waals surface area contributed by atoms with Crippen LogP contribution in [-0.2, 0) is 9.59 Å². The fourth-order valence-electron chi connectivity index (χ4n) is 4.44. The van der Waals surface area contributed by atoms with E-state index in [0.717, 1.165) is 0 Å². The molecule has 1 saturated heterocycles. The van der Waals surface area contributed by atoms with Gasteiger partial charge in [0.05, 0.1) is 39.0 Å². The van der Waals surface area contributed by atoms with Crippen LogP contribution in [0.2, 0.25) is 0 Å². The third-order valence-corrected chi connectivity index (χ3v) is 6.02. The number of anilines is 1. The van der Waals surface area contributed by atoms with Crippen LogP contribution in [0.3, 0.4) is 0 Å². The number of methoxy groups -OCH3 is 2. The Morgan fingerprint density at radius 2 is 1.43 bits per heavy atom. The van der Waals surface area contributed by atoms with Crippen LogP contribution in [0.15, 0.2) is 72.3 Å². The molecular formula is C29H29NO7. The number of Topliss-reactive ketones (excluding diaryl/α,β-unsaturated/α-hetero) is 1. The number of benzene rings is 3. The molecule has 192 valence electrons. The van der Waals surface area contributed by atoms with Crippen molar-refractivity contribution in [2.45, 2.75) is 19.9 Å². The second-order valence-corrected chi connectivity index (χ2v) is 8.14. The topological polar surface area (TPSA) is 94.5 Å². The van der Waals surface area contributed by atoms with Crippen LogP contribution in [-0.4, -0.2) is 44.2 Å². The quantitative estimate of drug-likeness (QED) is 0.246. The number of hydrogen-bond acceptors (Lipinski definition) is 7. The highest BCUT2D eigenvalue weighted by Crippen LogP contribution is 2.45. The summed E-state index contributed by atoms with van der Waals surface area (Å²) in [7, 11) is 2.90. The standard InChI is InChI=1S/C29H29NO7/c1-5-36-20-15-13-18(14-16-20)26-25(27(31)24-22(34-3)11-8-12-23(24)35-4)28(32)29(33)30(26)19-9-7-10-21(17-19)37-6-2/h7-17,26,31H,5-6H2,1-4H3/b27-25+. The van der Waals surface area contributed by atoms with Crippen molar-refractivity contribution in [3.8, 4) is 23.0 Å². The number of ether oxygens (including phenoxy) is 4. The van der Waals surface area contributed by atoms with E-state index in [4.69, 9.17) is 18.9 Å². The smallest absolute Gasteiger partial charge is 0.300 e. The molecule has 0 spiro atoms. The molecule has 1 aliphatic rings. The van der Waals surface area contributed by atoms with Crippen LogP contribution in [0, 0.1) is 0 Å². The molecule has 8 heteroatoms. The normalized spacial score (nSPS) is 16.5. The molecule has 0 aliphatic carbocycles. The van der Waals surface area contributed by atoms with Crippen LogP contribution in [0.4, 0.5) is 5.69 Å². The number of amides is 1. The zero-order chi connectivity index (χ0) is 26.5. The summed E-state index contributed by atoms with van der Waals surface area (Å²) < 4.78 is 22.1. The molecule has 1 N–H and O–H groups in total. The molecule has 0 saturated carbocycles. The van der Waals surface area contributed by atoms with Gasteiger partial charge in [-0.15, -0.1) is 0 Å². The van der Waals surface area contributed by atoms with Gasteiger partial charge in [-0.2, -0.15) is 0 Å². The fraction of sp³-hybridized carbons (Fsp3) is 0.241. The second-order valence-electron chi connectivity index (χ2n) is 8.14. The van der Waals surface area contributed by atoms with Gasteiger partial charge in [0, 0.05) is 11.8 Å². The SMILES string of the molecule is CCOc1ccc(C2/C(=C(\O)c3c(OC)cccc3OC)C(=O)C(=O)N2c2cccc(OCC)c2)cc1. The molecule has 3 aromatic rings. The zero-order valence-corrected chi connectivity index (χ0v) is 21.2. The maximum absolute atomic E-state index is 13.5. The first kappa shape index (κ1) is 25.6. The van der Waals surface area contributed by atoms with Gasteiger partial charge in [-0.05, 0) is 55.8 Å². The van der Waals surface area contributed by atoms with Gasteiger partial charge in [0.15, 0.2) is 0 Å². The molecule has 37 heavy (non-hydrogen) atoms. The Morgan fingerprint density at radius 1 is 0.838 bits per heavy atom. The summed E-state index contributed by atoms with van der Waals surface area (Å²) in [5, 5.41) is 11.6. The number of ketones is 1. The fourth-order valence-corrected chi connectivity index (χ4v) is 4.44. The van der Waals surface area contributed by atoms with Gasteiger partial charge in [-0.1, -0.05) is 24.3 Å². The molecule has 1 heterocycles. The van der Waals surface area contributed by atoms with Crippen molar-refractivity contribution in [3.05, 3.63) is 83.4 Å². The third kappa shape index (κ3) is 4.82. The predicted molar refractivity (Wildman–Crippen MR) is 140 cm³/mol. The lowest BCUT2D eigenvalue weighted by Gasteiger charge is -2.26. The number of carbonyl (C=O) groups is 2. The lowest BCUT2D eigenvalue weighted by molar-refractivity contribution is -0.132. The average molecular weight is 504 g/mol. The van der Waals surface area contributed by atoms with E-state index in [1.807, 2.05) is 13.8 Å². The van der Waals surface area contributed by atoms with E-state index in [9.17, 15) is 14.7 Å². The van der Waals surface area contributed by atoms with Crippen LogP contribution in [0.5, 0.6) is 23.0 Å². The summed E-state index contributed by atoms with van der Waals surface area (Å²) in [5.74, 6) is -0.200. The summed E-state index contributed by atoms with van der Waals surface area (Å²) >= 11 is 0. The highest BCUT2D eigenvalue weighted by molar-refractivity contribution is 6.51. The summed E-state index contributed by atoms with van der Waals surface area (Å²) in [6.45, 7) is 4.68. The highest BCUT2D eigenvalue weighted by atomic mass is 16.5. The van der Waals surface area contributed by atoms with Crippen LogP contribution < -0.4 is 23.8 Å². The summed E-state index contributed by atoms with van der Waals surface area (Å²) in [6, 6.07) is 18.1.